The molecule has 1 N–H and O–H groups in total. The summed E-state index contributed by atoms with van der Waals surface area (Å²) in [6.45, 7) is 0.786. The predicted molar refractivity (Wildman–Crippen MR) is 107 cm³/mol. The van der Waals surface area contributed by atoms with E-state index in [1.54, 1.807) is 53.7 Å². The molecule has 1 saturated heterocycles. The first-order valence-corrected chi connectivity index (χ1v) is 10.6. The molecular weight excluding hydrogens is 388 g/mol. The maximum Gasteiger partial charge on any atom is 0.241 e. The third-order valence-electron chi connectivity index (χ3n) is 4.95. The summed E-state index contributed by atoms with van der Waals surface area (Å²) in [5.41, 5.74) is 1.36. The Balaban J connectivity index is 1.52. The minimum atomic E-state index is -3.88. The number of nitriles is 1. The number of aromatic nitrogens is 1. The zero-order chi connectivity index (χ0) is 20.4. The Morgan fingerprint density at radius 1 is 1.21 bits per heavy atom. The molecule has 1 aromatic heterocycles. The molecule has 0 aliphatic carbocycles. The van der Waals surface area contributed by atoms with Gasteiger partial charge in [0.1, 0.15) is 6.04 Å². The first kappa shape index (κ1) is 19.1. The molecule has 146 valence electrons. The van der Waals surface area contributed by atoms with E-state index < -0.39 is 16.1 Å². The summed E-state index contributed by atoms with van der Waals surface area (Å²) in [5, 5.41) is 10.3. The highest BCUT2D eigenvalue weighted by Gasteiger charge is 2.35. The highest BCUT2D eigenvalue weighted by atomic mass is 32.2. The number of hydrogen-bond acceptors (Lipinski definition) is 5. The van der Waals surface area contributed by atoms with E-state index in [0.717, 1.165) is 5.56 Å². The van der Waals surface area contributed by atoms with Crippen molar-refractivity contribution in [2.24, 2.45) is 0 Å². The van der Waals surface area contributed by atoms with Gasteiger partial charge in [-0.05, 0) is 36.2 Å². The highest BCUT2D eigenvalue weighted by molar-refractivity contribution is 7.89. The molecule has 1 fully saturated rings. The van der Waals surface area contributed by atoms with E-state index in [9.17, 15) is 13.2 Å². The Morgan fingerprint density at radius 3 is 2.86 bits per heavy atom. The third kappa shape index (κ3) is 3.83. The standard InChI is InChI=1S/C21H18N4O3S/c22-12-15-3-1-4-16(11-15)14-25-10-8-19(21(25)26)24-29(27,28)20-6-2-5-17-13-23-9-7-18(17)20/h1-7,9,11,13,19,24H,8,10,14H2/t19-/m0/s1. The molecule has 1 amide bonds. The van der Waals surface area contributed by atoms with E-state index in [1.807, 2.05) is 6.07 Å². The lowest BCUT2D eigenvalue weighted by Crippen LogP contribution is -2.41. The number of nitrogens with one attached hydrogen (secondary N) is 1. The van der Waals surface area contributed by atoms with Crippen LogP contribution in [0, 0.1) is 11.3 Å². The van der Waals surface area contributed by atoms with E-state index in [1.165, 1.54) is 6.07 Å². The second kappa shape index (κ2) is 7.62. The van der Waals surface area contributed by atoms with Crippen LogP contribution in [0.15, 0.2) is 65.8 Å². The Hall–Kier alpha value is -3.28. The molecule has 1 aliphatic heterocycles. The monoisotopic (exact) mass is 406 g/mol. The average molecular weight is 406 g/mol. The van der Waals surface area contributed by atoms with Crippen molar-refractivity contribution in [3.63, 3.8) is 0 Å². The molecule has 2 aromatic carbocycles. The average Bonchev–Trinajstić information content (AvgIpc) is 3.06. The second-order valence-electron chi connectivity index (χ2n) is 6.89. The number of pyridine rings is 1. The van der Waals surface area contributed by atoms with Gasteiger partial charge in [-0.25, -0.2) is 8.42 Å². The fourth-order valence-electron chi connectivity index (χ4n) is 3.54. The van der Waals surface area contributed by atoms with Gasteiger partial charge in [0.15, 0.2) is 0 Å². The molecule has 1 atom stereocenters. The van der Waals surface area contributed by atoms with Crippen LogP contribution in [-0.4, -0.2) is 36.8 Å². The van der Waals surface area contributed by atoms with E-state index in [0.29, 0.717) is 35.8 Å². The summed E-state index contributed by atoms with van der Waals surface area (Å²) >= 11 is 0. The van der Waals surface area contributed by atoms with Gasteiger partial charge < -0.3 is 4.90 Å². The van der Waals surface area contributed by atoms with Gasteiger partial charge in [-0.15, -0.1) is 0 Å². The summed E-state index contributed by atoms with van der Waals surface area (Å²) in [6.07, 6.45) is 3.54. The van der Waals surface area contributed by atoms with Crippen LogP contribution >= 0.6 is 0 Å². The largest absolute Gasteiger partial charge is 0.337 e. The molecule has 0 spiro atoms. The Morgan fingerprint density at radius 2 is 2.03 bits per heavy atom. The lowest BCUT2D eigenvalue weighted by molar-refractivity contribution is -0.129. The fourth-order valence-corrected chi connectivity index (χ4v) is 5.00. The molecule has 7 nitrogen and oxygen atoms in total. The molecular formula is C21H18N4O3S. The van der Waals surface area contributed by atoms with Crippen molar-refractivity contribution in [3.8, 4) is 6.07 Å². The summed E-state index contributed by atoms with van der Waals surface area (Å²) in [6, 6.07) is 14.9. The molecule has 1 aliphatic rings. The fraction of sp³-hybridized carbons (Fsp3) is 0.190. The van der Waals surface area contributed by atoms with Crippen molar-refractivity contribution in [1.82, 2.24) is 14.6 Å². The maximum atomic E-state index is 13.0. The molecule has 0 bridgehead atoms. The first-order chi connectivity index (χ1) is 14.0. The van der Waals surface area contributed by atoms with Crippen molar-refractivity contribution in [2.75, 3.05) is 6.54 Å². The predicted octanol–water partition coefficient (Wildman–Crippen LogP) is 2.19. The van der Waals surface area contributed by atoms with Crippen molar-refractivity contribution in [2.45, 2.75) is 23.9 Å². The molecule has 2 heterocycles. The highest BCUT2D eigenvalue weighted by Crippen LogP contribution is 2.24. The van der Waals surface area contributed by atoms with Crippen LogP contribution in [-0.2, 0) is 21.4 Å². The van der Waals surface area contributed by atoms with Crippen LogP contribution in [0.1, 0.15) is 17.5 Å². The van der Waals surface area contributed by atoms with Crippen LogP contribution in [0.5, 0.6) is 0 Å². The number of carbonyl (C=O) groups is 1. The van der Waals surface area contributed by atoms with Crippen molar-refractivity contribution in [3.05, 3.63) is 72.1 Å². The number of fused-ring (bicyclic) bond motifs is 1. The molecule has 0 radical (unpaired) electrons. The smallest absolute Gasteiger partial charge is 0.241 e. The SMILES string of the molecule is N#Cc1cccc(CN2CC[C@H](NS(=O)(=O)c3cccc4cnccc34)C2=O)c1. The van der Waals surface area contributed by atoms with Crippen LogP contribution in [0.4, 0.5) is 0 Å². The zero-order valence-electron chi connectivity index (χ0n) is 15.4. The molecule has 0 saturated carbocycles. The summed E-state index contributed by atoms with van der Waals surface area (Å²) in [4.78, 5) is 18.5. The van der Waals surface area contributed by atoms with E-state index in [2.05, 4.69) is 15.8 Å². The number of sulfonamides is 1. The number of likely N-dealkylation sites (tertiary alicyclic amines) is 1. The van der Waals surface area contributed by atoms with Crippen LogP contribution in [0.25, 0.3) is 10.8 Å². The lowest BCUT2D eigenvalue weighted by atomic mass is 10.1. The number of rotatable bonds is 5. The van der Waals surface area contributed by atoms with E-state index >= 15 is 0 Å². The number of carbonyl (C=O) groups excluding carboxylic acids is 1. The van der Waals surface area contributed by atoms with Gasteiger partial charge in [0, 0.05) is 36.3 Å². The number of hydrogen-bond donors (Lipinski definition) is 1. The lowest BCUT2D eigenvalue weighted by Gasteiger charge is -2.18. The van der Waals surface area contributed by atoms with E-state index in [4.69, 9.17) is 5.26 Å². The third-order valence-corrected chi connectivity index (χ3v) is 6.48. The quantitative estimate of drug-likeness (QED) is 0.700. The van der Waals surface area contributed by atoms with Gasteiger partial charge in [-0.1, -0.05) is 24.3 Å². The zero-order valence-corrected chi connectivity index (χ0v) is 16.3. The van der Waals surface area contributed by atoms with Gasteiger partial charge in [0.05, 0.1) is 16.5 Å². The molecule has 3 aromatic rings. The Bertz CT molecular complexity index is 1230. The normalized spacial score (nSPS) is 16.9. The Kier molecular flexibility index (Phi) is 5.01. The van der Waals surface area contributed by atoms with Gasteiger partial charge in [-0.2, -0.15) is 9.98 Å². The molecule has 0 unspecified atom stereocenters. The first-order valence-electron chi connectivity index (χ1n) is 9.11. The van der Waals surface area contributed by atoms with Gasteiger partial charge in [-0.3, -0.25) is 9.78 Å². The Labute approximate surface area is 168 Å². The van der Waals surface area contributed by atoms with Gasteiger partial charge in [0.25, 0.3) is 0 Å². The van der Waals surface area contributed by atoms with E-state index in [-0.39, 0.29) is 10.8 Å². The summed E-state index contributed by atoms with van der Waals surface area (Å²) in [7, 11) is -3.88. The van der Waals surface area contributed by atoms with Crippen molar-refractivity contribution in [1.29, 1.82) is 5.26 Å². The number of amides is 1. The van der Waals surface area contributed by atoms with Crippen molar-refractivity contribution < 1.29 is 13.2 Å². The van der Waals surface area contributed by atoms with Gasteiger partial charge in [0.2, 0.25) is 15.9 Å². The minimum absolute atomic E-state index is 0.130. The summed E-state index contributed by atoms with van der Waals surface area (Å²) < 4.78 is 28.5. The molecule has 29 heavy (non-hydrogen) atoms. The topological polar surface area (TPSA) is 103 Å². The molecule has 8 heteroatoms. The molecule has 4 rings (SSSR count). The van der Waals surface area contributed by atoms with Crippen molar-refractivity contribution >= 4 is 26.7 Å². The van der Waals surface area contributed by atoms with Crippen LogP contribution < -0.4 is 4.72 Å². The maximum absolute atomic E-state index is 13.0. The minimum Gasteiger partial charge on any atom is -0.337 e. The van der Waals surface area contributed by atoms with Crippen LogP contribution in [0.2, 0.25) is 0 Å². The number of benzene rings is 2. The van der Waals surface area contributed by atoms with Gasteiger partial charge >= 0.3 is 0 Å². The second-order valence-corrected chi connectivity index (χ2v) is 8.57. The number of nitrogens with zero attached hydrogens (tertiary/aromatic N) is 3. The van der Waals surface area contributed by atoms with Crippen LogP contribution in [0.3, 0.4) is 0 Å². The summed E-state index contributed by atoms with van der Waals surface area (Å²) in [5.74, 6) is -0.266.